The van der Waals surface area contributed by atoms with E-state index in [1.807, 2.05) is 48.5 Å². The summed E-state index contributed by atoms with van der Waals surface area (Å²) in [5.41, 5.74) is 1.87. The van der Waals surface area contributed by atoms with Crippen molar-refractivity contribution in [3.63, 3.8) is 0 Å². The summed E-state index contributed by atoms with van der Waals surface area (Å²) in [6.07, 6.45) is 2.48. The van der Waals surface area contributed by atoms with Crippen molar-refractivity contribution >= 4 is 33.7 Å². The Kier molecular flexibility index (Phi) is 6.92. The molecule has 2 aromatic rings. The summed E-state index contributed by atoms with van der Waals surface area (Å²) in [4.78, 5) is 26.1. The fourth-order valence-electron chi connectivity index (χ4n) is 3.68. The normalized spacial score (nSPS) is 18.4. The molecule has 0 bridgehead atoms. The molecule has 6 nitrogen and oxygen atoms in total. The lowest BCUT2D eigenvalue weighted by molar-refractivity contribution is -0.132. The van der Waals surface area contributed by atoms with Gasteiger partial charge in [-0.25, -0.2) is 0 Å². The average Bonchev–Trinajstić information content (AvgIpc) is 2.97. The van der Waals surface area contributed by atoms with Crippen LogP contribution < -0.4 is 10.6 Å². The maximum Gasteiger partial charge on any atom is 0.260 e. The van der Waals surface area contributed by atoms with Gasteiger partial charge in [0.25, 0.3) is 5.91 Å². The summed E-state index contributed by atoms with van der Waals surface area (Å²) < 4.78 is 0.908. The molecule has 0 saturated carbocycles. The molecular formula is C23H27BrN4O2. The molecule has 3 rings (SSSR count). The van der Waals surface area contributed by atoms with Crippen LogP contribution in [0.1, 0.15) is 49.8 Å². The fraction of sp³-hybridized carbons (Fsp3) is 0.348. The van der Waals surface area contributed by atoms with Crippen molar-refractivity contribution in [3.8, 4) is 0 Å². The Morgan fingerprint density at radius 2 is 1.90 bits per heavy atom. The zero-order chi connectivity index (χ0) is 21.7. The summed E-state index contributed by atoms with van der Waals surface area (Å²) >= 11 is 3.50. The number of hydrogen-bond donors (Lipinski definition) is 3. The number of halogens is 1. The van der Waals surface area contributed by atoms with E-state index in [9.17, 15) is 9.59 Å². The number of rotatable bonds is 8. The van der Waals surface area contributed by atoms with E-state index < -0.39 is 5.54 Å². The lowest BCUT2D eigenvalue weighted by atomic mass is 9.85. The third-order valence-corrected chi connectivity index (χ3v) is 5.83. The second kappa shape index (κ2) is 9.43. The van der Waals surface area contributed by atoms with Gasteiger partial charge in [-0.2, -0.15) is 0 Å². The first-order valence-electron chi connectivity index (χ1n) is 10.1. The van der Waals surface area contributed by atoms with Crippen molar-refractivity contribution in [2.75, 3.05) is 0 Å². The van der Waals surface area contributed by atoms with E-state index in [4.69, 9.17) is 5.41 Å². The van der Waals surface area contributed by atoms with E-state index >= 15 is 0 Å². The fourth-order valence-corrected chi connectivity index (χ4v) is 4.08. The summed E-state index contributed by atoms with van der Waals surface area (Å²) in [5.74, 6) is -0.0444. The molecule has 0 aromatic heterocycles. The molecule has 0 spiro atoms. The van der Waals surface area contributed by atoms with Gasteiger partial charge in [0.15, 0.2) is 5.96 Å². The Bertz CT molecular complexity index is 944. The molecule has 1 heterocycles. The monoisotopic (exact) mass is 470 g/mol. The molecule has 1 saturated heterocycles. The van der Waals surface area contributed by atoms with E-state index in [1.54, 1.807) is 0 Å². The number of nitrogens with one attached hydrogen (secondary N) is 3. The lowest BCUT2D eigenvalue weighted by Crippen LogP contribution is -2.44. The largest absolute Gasteiger partial charge is 0.352 e. The molecule has 0 radical (unpaired) electrons. The molecular weight excluding hydrogens is 444 g/mol. The number of hydrogen-bond acceptors (Lipinski definition) is 3. The Morgan fingerprint density at radius 1 is 1.20 bits per heavy atom. The van der Waals surface area contributed by atoms with Gasteiger partial charge >= 0.3 is 0 Å². The Morgan fingerprint density at radius 3 is 2.53 bits per heavy atom. The van der Waals surface area contributed by atoms with Gasteiger partial charge in [0.1, 0.15) is 5.54 Å². The lowest BCUT2D eigenvalue weighted by Gasteiger charge is -2.28. The van der Waals surface area contributed by atoms with Gasteiger partial charge in [0, 0.05) is 17.9 Å². The second-order valence-corrected chi connectivity index (χ2v) is 8.53. The summed E-state index contributed by atoms with van der Waals surface area (Å²) in [7, 11) is 0. The van der Waals surface area contributed by atoms with Crippen molar-refractivity contribution < 1.29 is 9.59 Å². The summed E-state index contributed by atoms with van der Waals surface area (Å²) in [6, 6.07) is 15.5. The van der Waals surface area contributed by atoms with Gasteiger partial charge in [0.05, 0.1) is 6.54 Å². The van der Waals surface area contributed by atoms with Gasteiger partial charge in [-0.15, -0.1) is 0 Å². The average molecular weight is 471 g/mol. The standard InChI is InChI=1S/C23H27BrN4O2/c1-3-4-12-23(19-6-5-7-20(24)13-19)21(30)28(22(25)27-23)15-18-10-8-17(9-11-18)14-26-16(2)29/h5-11,13H,3-4,12,14-15H2,1-2H3,(H2,25,27)(H,26,29). The minimum absolute atomic E-state index is 0.0720. The highest BCUT2D eigenvalue weighted by Crippen LogP contribution is 2.35. The Balaban J connectivity index is 1.82. The quantitative estimate of drug-likeness (QED) is 0.544. The van der Waals surface area contributed by atoms with E-state index in [-0.39, 0.29) is 17.8 Å². The number of unbranched alkanes of at least 4 members (excludes halogenated alkanes) is 1. The molecule has 1 unspecified atom stereocenters. The predicted molar refractivity (Wildman–Crippen MR) is 121 cm³/mol. The van der Waals surface area contributed by atoms with Crippen molar-refractivity contribution in [1.82, 2.24) is 15.5 Å². The zero-order valence-corrected chi connectivity index (χ0v) is 18.9. The van der Waals surface area contributed by atoms with Gasteiger partial charge in [-0.1, -0.05) is 72.1 Å². The molecule has 1 aliphatic heterocycles. The minimum Gasteiger partial charge on any atom is -0.352 e. The number of guanidine groups is 1. The van der Waals surface area contributed by atoms with Crippen LogP contribution in [0.5, 0.6) is 0 Å². The molecule has 3 N–H and O–H groups in total. The molecule has 2 aromatic carbocycles. The van der Waals surface area contributed by atoms with E-state index in [0.29, 0.717) is 19.5 Å². The topological polar surface area (TPSA) is 85.3 Å². The zero-order valence-electron chi connectivity index (χ0n) is 17.3. The molecule has 1 aliphatic rings. The van der Waals surface area contributed by atoms with Gasteiger partial charge in [0.2, 0.25) is 5.91 Å². The van der Waals surface area contributed by atoms with Crippen molar-refractivity contribution in [3.05, 3.63) is 69.7 Å². The van der Waals surface area contributed by atoms with E-state index in [1.165, 1.54) is 11.8 Å². The first kappa shape index (κ1) is 22.0. The Labute approximate surface area is 185 Å². The van der Waals surface area contributed by atoms with Crippen LogP contribution >= 0.6 is 15.9 Å². The summed E-state index contributed by atoms with van der Waals surface area (Å²) in [6.45, 7) is 4.38. The minimum atomic E-state index is -0.914. The van der Waals surface area contributed by atoms with Crippen molar-refractivity contribution in [2.45, 2.75) is 51.7 Å². The van der Waals surface area contributed by atoms with E-state index in [0.717, 1.165) is 34.0 Å². The number of carbonyl (C=O) groups excluding carboxylic acids is 2. The number of nitrogens with zero attached hydrogens (tertiary/aromatic N) is 1. The van der Waals surface area contributed by atoms with Gasteiger partial charge in [-0.05, 0) is 35.2 Å². The highest BCUT2D eigenvalue weighted by molar-refractivity contribution is 9.10. The molecule has 1 fully saturated rings. The number of amides is 2. The van der Waals surface area contributed by atoms with Crippen LogP contribution in [-0.2, 0) is 28.2 Å². The molecule has 30 heavy (non-hydrogen) atoms. The van der Waals surface area contributed by atoms with Crippen LogP contribution in [0.3, 0.4) is 0 Å². The van der Waals surface area contributed by atoms with Crippen LogP contribution in [0.4, 0.5) is 0 Å². The number of benzene rings is 2. The van der Waals surface area contributed by atoms with Crippen LogP contribution in [-0.4, -0.2) is 22.7 Å². The van der Waals surface area contributed by atoms with Crippen LogP contribution in [0.15, 0.2) is 53.0 Å². The molecule has 2 amide bonds. The summed E-state index contributed by atoms with van der Waals surface area (Å²) in [5, 5.41) is 14.4. The maximum absolute atomic E-state index is 13.6. The van der Waals surface area contributed by atoms with E-state index in [2.05, 4.69) is 33.5 Å². The smallest absolute Gasteiger partial charge is 0.260 e. The third kappa shape index (κ3) is 4.73. The van der Waals surface area contributed by atoms with Crippen LogP contribution in [0, 0.1) is 5.41 Å². The van der Waals surface area contributed by atoms with Crippen molar-refractivity contribution in [1.29, 1.82) is 5.41 Å². The third-order valence-electron chi connectivity index (χ3n) is 5.34. The first-order chi connectivity index (χ1) is 14.4. The Hall–Kier alpha value is -2.67. The van der Waals surface area contributed by atoms with Gasteiger partial charge in [-0.3, -0.25) is 19.9 Å². The molecule has 158 valence electrons. The SMILES string of the molecule is CCCCC1(c2cccc(Br)c2)NC(=N)N(Cc2ccc(CNC(C)=O)cc2)C1=O. The van der Waals surface area contributed by atoms with Crippen LogP contribution in [0.25, 0.3) is 0 Å². The maximum atomic E-state index is 13.6. The second-order valence-electron chi connectivity index (χ2n) is 7.61. The number of carbonyl (C=O) groups is 2. The predicted octanol–water partition coefficient (Wildman–Crippen LogP) is 4.04. The molecule has 7 heteroatoms. The van der Waals surface area contributed by atoms with Crippen molar-refractivity contribution in [2.24, 2.45) is 0 Å². The molecule has 0 aliphatic carbocycles. The van der Waals surface area contributed by atoms with Crippen LogP contribution in [0.2, 0.25) is 0 Å². The first-order valence-corrected chi connectivity index (χ1v) is 10.9. The highest BCUT2D eigenvalue weighted by Gasteiger charge is 2.50. The molecule has 1 atom stereocenters. The van der Waals surface area contributed by atoms with Gasteiger partial charge < -0.3 is 10.6 Å². The highest BCUT2D eigenvalue weighted by atomic mass is 79.9.